The summed E-state index contributed by atoms with van der Waals surface area (Å²) in [5, 5.41) is 5.54. The quantitative estimate of drug-likeness (QED) is 0.679. The van der Waals surface area contributed by atoms with Crippen molar-refractivity contribution >= 4 is 11.8 Å². The summed E-state index contributed by atoms with van der Waals surface area (Å²) in [4.78, 5) is 28.1. The first-order valence-corrected chi connectivity index (χ1v) is 9.88. The summed E-state index contributed by atoms with van der Waals surface area (Å²) in [6.07, 6.45) is 7.49. The third kappa shape index (κ3) is 6.20. The maximum atomic E-state index is 12.0. The first-order chi connectivity index (χ1) is 14.2. The van der Waals surface area contributed by atoms with Crippen molar-refractivity contribution in [1.29, 1.82) is 0 Å². The summed E-state index contributed by atoms with van der Waals surface area (Å²) < 4.78 is 11.2. The van der Waals surface area contributed by atoms with Crippen molar-refractivity contribution in [2.24, 2.45) is 5.92 Å². The fourth-order valence-electron chi connectivity index (χ4n) is 3.35. The van der Waals surface area contributed by atoms with Crippen LogP contribution >= 0.6 is 0 Å². The molecule has 2 N–H and O–H groups in total. The van der Waals surface area contributed by atoms with E-state index < -0.39 is 0 Å². The smallest absolute Gasteiger partial charge is 0.239 e. The van der Waals surface area contributed by atoms with Crippen LogP contribution in [0.3, 0.4) is 0 Å². The van der Waals surface area contributed by atoms with Crippen molar-refractivity contribution in [3.8, 4) is 11.5 Å². The molecular formula is C22H27N3O4. The van der Waals surface area contributed by atoms with Gasteiger partial charge in [0.05, 0.1) is 13.7 Å². The topological polar surface area (TPSA) is 89.6 Å². The van der Waals surface area contributed by atoms with Crippen molar-refractivity contribution in [2.45, 2.75) is 38.8 Å². The standard InChI is InChI=1S/C22H27N3O4/c1-28-20-11-16(8-9-19(20)29-15-17-5-4-10-23-12-17)13-24-21(26)14-25-22(27)18-6-2-3-7-18/h4-5,8-12,18H,2-3,6-7,13-15H2,1H3,(H,24,26)(H,25,27). The van der Waals surface area contributed by atoms with Gasteiger partial charge in [-0.05, 0) is 36.6 Å². The Bertz CT molecular complexity index is 820. The number of carbonyl (C=O) groups excluding carboxylic acids is 2. The lowest BCUT2D eigenvalue weighted by Crippen LogP contribution is -2.38. The summed E-state index contributed by atoms with van der Waals surface area (Å²) in [7, 11) is 1.58. The van der Waals surface area contributed by atoms with Crippen molar-refractivity contribution in [1.82, 2.24) is 15.6 Å². The molecule has 0 unspecified atom stereocenters. The molecule has 0 bridgehead atoms. The molecule has 1 aliphatic rings. The van der Waals surface area contributed by atoms with Gasteiger partial charge in [-0.15, -0.1) is 0 Å². The van der Waals surface area contributed by atoms with Crippen LogP contribution in [0.1, 0.15) is 36.8 Å². The summed E-state index contributed by atoms with van der Waals surface area (Å²) in [5.74, 6) is 1.04. The number of amides is 2. The Morgan fingerprint density at radius 2 is 1.93 bits per heavy atom. The van der Waals surface area contributed by atoms with Gasteiger partial charge in [0, 0.05) is 30.4 Å². The van der Waals surface area contributed by atoms with E-state index >= 15 is 0 Å². The fraction of sp³-hybridized carbons (Fsp3) is 0.409. The minimum Gasteiger partial charge on any atom is -0.493 e. The molecule has 1 heterocycles. The molecule has 1 aromatic carbocycles. The Morgan fingerprint density at radius 1 is 1.10 bits per heavy atom. The second-order valence-electron chi connectivity index (χ2n) is 7.11. The second kappa shape index (κ2) is 10.5. The van der Waals surface area contributed by atoms with E-state index in [1.165, 1.54) is 0 Å². The van der Waals surface area contributed by atoms with Gasteiger partial charge in [-0.3, -0.25) is 14.6 Å². The molecule has 0 saturated heterocycles. The largest absolute Gasteiger partial charge is 0.493 e. The SMILES string of the molecule is COc1cc(CNC(=O)CNC(=O)C2CCCC2)ccc1OCc1cccnc1. The summed E-state index contributed by atoms with van der Waals surface area (Å²) in [6, 6.07) is 9.32. The van der Waals surface area contributed by atoms with Crippen LogP contribution in [0.25, 0.3) is 0 Å². The molecule has 3 rings (SSSR count). The minimum atomic E-state index is -0.216. The number of methoxy groups -OCH3 is 1. The van der Waals surface area contributed by atoms with Crippen molar-refractivity contribution in [2.75, 3.05) is 13.7 Å². The molecule has 1 fully saturated rings. The van der Waals surface area contributed by atoms with Gasteiger partial charge >= 0.3 is 0 Å². The maximum absolute atomic E-state index is 12.0. The first-order valence-electron chi connectivity index (χ1n) is 9.88. The van der Waals surface area contributed by atoms with Gasteiger partial charge in [0.15, 0.2) is 11.5 Å². The fourth-order valence-corrected chi connectivity index (χ4v) is 3.35. The number of rotatable bonds is 9. The average Bonchev–Trinajstić information content (AvgIpc) is 3.30. The summed E-state index contributed by atoms with van der Waals surface area (Å²) >= 11 is 0. The van der Waals surface area contributed by atoms with Crippen LogP contribution in [0.5, 0.6) is 11.5 Å². The number of carbonyl (C=O) groups is 2. The predicted octanol–water partition coefficient (Wildman–Crippen LogP) is 2.59. The van der Waals surface area contributed by atoms with Crippen molar-refractivity contribution in [3.05, 3.63) is 53.9 Å². The molecule has 1 aliphatic carbocycles. The molecule has 2 amide bonds. The van der Waals surface area contributed by atoms with E-state index in [1.54, 1.807) is 19.5 Å². The van der Waals surface area contributed by atoms with E-state index in [9.17, 15) is 9.59 Å². The summed E-state index contributed by atoms with van der Waals surface area (Å²) in [6.45, 7) is 0.733. The Kier molecular flexibility index (Phi) is 7.44. The highest BCUT2D eigenvalue weighted by Crippen LogP contribution is 2.29. The van der Waals surface area contributed by atoms with Gasteiger partial charge in [0.25, 0.3) is 0 Å². The zero-order chi connectivity index (χ0) is 20.5. The van der Waals surface area contributed by atoms with Crippen LogP contribution in [0.4, 0.5) is 0 Å². The third-order valence-electron chi connectivity index (χ3n) is 4.98. The second-order valence-corrected chi connectivity index (χ2v) is 7.11. The van der Waals surface area contributed by atoms with Crippen LogP contribution < -0.4 is 20.1 Å². The maximum Gasteiger partial charge on any atom is 0.239 e. The van der Waals surface area contributed by atoms with Gasteiger partial charge in [-0.2, -0.15) is 0 Å². The molecule has 1 aromatic heterocycles. The molecule has 1 saturated carbocycles. The van der Waals surface area contributed by atoms with E-state index in [4.69, 9.17) is 9.47 Å². The van der Waals surface area contributed by atoms with Gasteiger partial charge in [0.1, 0.15) is 6.61 Å². The first kappa shape index (κ1) is 20.6. The van der Waals surface area contributed by atoms with Crippen LogP contribution in [0, 0.1) is 5.92 Å². The molecule has 29 heavy (non-hydrogen) atoms. The number of benzene rings is 1. The van der Waals surface area contributed by atoms with Crippen molar-refractivity contribution < 1.29 is 19.1 Å². The normalized spacial score (nSPS) is 13.7. The number of hydrogen-bond donors (Lipinski definition) is 2. The molecule has 0 atom stereocenters. The molecule has 7 heteroatoms. The molecular weight excluding hydrogens is 370 g/mol. The molecule has 0 aliphatic heterocycles. The number of nitrogens with one attached hydrogen (secondary N) is 2. The van der Waals surface area contributed by atoms with Gasteiger partial charge in [0.2, 0.25) is 11.8 Å². The Hall–Kier alpha value is -3.09. The molecule has 7 nitrogen and oxygen atoms in total. The van der Waals surface area contributed by atoms with Gasteiger partial charge in [-0.25, -0.2) is 0 Å². The highest BCUT2D eigenvalue weighted by atomic mass is 16.5. The highest BCUT2D eigenvalue weighted by molar-refractivity contribution is 5.85. The number of ether oxygens (including phenoxy) is 2. The number of pyridine rings is 1. The van der Waals surface area contributed by atoms with Crippen LogP contribution in [0.15, 0.2) is 42.7 Å². The van der Waals surface area contributed by atoms with Crippen LogP contribution in [-0.4, -0.2) is 30.5 Å². The number of nitrogens with zero attached hydrogens (tertiary/aromatic N) is 1. The van der Waals surface area contributed by atoms with E-state index in [-0.39, 0.29) is 24.3 Å². The lowest BCUT2D eigenvalue weighted by Gasteiger charge is -2.13. The van der Waals surface area contributed by atoms with Crippen LogP contribution in [-0.2, 0) is 22.7 Å². The van der Waals surface area contributed by atoms with E-state index in [0.29, 0.717) is 24.7 Å². The van der Waals surface area contributed by atoms with E-state index in [0.717, 1.165) is 36.8 Å². The Balaban J connectivity index is 1.46. The van der Waals surface area contributed by atoms with Crippen LogP contribution in [0.2, 0.25) is 0 Å². The highest BCUT2D eigenvalue weighted by Gasteiger charge is 2.22. The Morgan fingerprint density at radius 3 is 2.66 bits per heavy atom. The number of hydrogen-bond acceptors (Lipinski definition) is 5. The monoisotopic (exact) mass is 397 g/mol. The third-order valence-corrected chi connectivity index (χ3v) is 4.98. The summed E-state index contributed by atoms with van der Waals surface area (Å²) in [5.41, 5.74) is 1.84. The zero-order valence-electron chi connectivity index (χ0n) is 16.6. The lowest BCUT2D eigenvalue weighted by molar-refractivity contribution is -0.128. The molecule has 2 aromatic rings. The van der Waals surface area contributed by atoms with E-state index in [1.807, 2.05) is 30.3 Å². The average molecular weight is 397 g/mol. The predicted molar refractivity (Wildman–Crippen MR) is 108 cm³/mol. The Labute approximate surface area is 170 Å². The minimum absolute atomic E-state index is 0.00122. The number of aromatic nitrogens is 1. The van der Waals surface area contributed by atoms with Gasteiger partial charge < -0.3 is 20.1 Å². The van der Waals surface area contributed by atoms with E-state index in [2.05, 4.69) is 15.6 Å². The molecule has 154 valence electrons. The van der Waals surface area contributed by atoms with Gasteiger partial charge in [-0.1, -0.05) is 25.0 Å². The zero-order valence-corrected chi connectivity index (χ0v) is 16.6. The van der Waals surface area contributed by atoms with Crippen molar-refractivity contribution in [3.63, 3.8) is 0 Å². The lowest BCUT2D eigenvalue weighted by atomic mass is 10.1. The molecule has 0 spiro atoms. The molecule has 0 radical (unpaired) electrons.